The maximum atomic E-state index is 13.9. The minimum atomic E-state index is -3.27. The van der Waals surface area contributed by atoms with Crippen LogP contribution >= 0.6 is 0 Å². The molecule has 6 heteroatoms. The maximum absolute atomic E-state index is 13.9. The van der Waals surface area contributed by atoms with Gasteiger partial charge in [-0.1, -0.05) is 46.5 Å². The first-order chi connectivity index (χ1) is 17.3. The van der Waals surface area contributed by atoms with E-state index >= 15 is 0 Å². The molecule has 5 rings (SSSR count). The maximum Gasteiger partial charge on any atom is 0.217 e. The van der Waals surface area contributed by atoms with Crippen molar-refractivity contribution in [3.05, 3.63) is 0 Å². The van der Waals surface area contributed by atoms with E-state index in [0.717, 1.165) is 62.3 Å². The molecule has 3 saturated carbocycles. The molecule has 5 nitrogen and oxygen atoms in total. The highest BCUT2D eigenvalue weighted by molar-refractivity contribution is 7.89. The Kier molecular flexibility index (Phi) is 8.77. The SMILES string of the molecule is CC1CCC(C)C(C2CCC([C@H]3C4CN(S(=O)(=O)C5CCCCC5C)CCCCN4[C@@H]3CO)CC2)C1. The summed E-state index contributed by atoms with van der Waals surface area (Å²) in [5, 5.41) is 10.2. The van der Waals surface area contributed by atoms with Crippen LogP contribution in [0, 0.1) is 41.4 Å². The Labute approximate surface area is 221 Å². The van der Waals surface area contributed by atoms with Crippen molar-refractivity contribution in [1.29, 1.82) is 0 Å². The second-order valence-electron chi connectivity index (χ2n) is 13.8. The van der Waals surface area contributed by atoms with Gasteiger partial charge in [0.2, 0.25) is 10.0 Å². The van der Waals surface area contributed by atoms with E-state index in [1.165, 1.54) is 51.4 Å². The zero-order chi connectivity index (χ0) is 25.4. The number of fused-ring (bicyclic) bond motifs is 1. The normalized spacial score (nSPS) is 45.8. The van der Waals surface area contributed by atoms with Gasteiger partial charge in [-0.25, -0.2) is 12.7 Å². The Bertz CT molecular complexity index is 826. The van der Waals surface area contributed by atoms with Crippen LogP contribution in [-0.4, -0.2) is 66.3 Å². The first kappa shape index (κ1) is 27.4. The molecule has 5 fully saturated rings. The Hall–Kier alpha value is -0.170. The van der Waals surface area contributed by atoms with E-state index < -0.39 is 10.0 Å². The van der Waals surface area contributed by atoms with Gasteiger partial charge >= 0.3 is 0 Å². The number of aliphatic hydroxyl groups excluding tert-OH is 1. The largest absolute Gasteiger partial charge is 0.395 e. The van der Waals surface area contributed by atoms with Gasteiger partial charge in [-0.3, -0.25) is 4.90 Å². The van der Waals surface area contributed by atoms with Gasteiger partial charge in [0.25, 0.3) is 0 Å². The summed E-state index contributed by atoms with van der Waals surface area (Å²) in [4.78, 5) is 2.49. The van der Waals surface area contributed by atoms with Crippen LogP contribution in [-0.2, 0) is 10.0 Å². The van der Waals surface area contributed by atoms with Crippen LogP contribution in [0.1, 0.15) is 104 Å². The van der Waals surface area contributed by atoms with Gasteiger partial charge in [-0.15, -0.1) is 0 Å². The monoisotopic (exact) mass is 522 g/mol. The van der Waals surface area contributed by atoms with Gasteiger partial charge in [0.15, 0.2) is 0 Å². The minimum Gasteiger partial charge on any atom is -0.395 e. The number of aliphatic hydroxyl groups is 1. The standard InChI is InChI=1S/C30H54N2O3S/c1-21-10-11-22(2)26(18-21)24-12-14-25(15-13-24)30-27-19-31(16-6-7-17-32(27)28(30)20-33)36(34,35)29-9-5-4-8-23(29)3/h21-30,33H,4-20H2,1-3H3/t21?,22?,23?,24?,25?,26?,27?,28-,29?,30+/m1/s1. The molecule has 2 heterocycles. The Balaban J connectivity index is 1.27. The van der Waals surface area contributed by atoms with Crippen LogP contribution in [0.3, 0.4) is 0 Å². The van der Waals surface area contributed by atoms with E-state index in [-0.39, 0.29) is 23.8 Å². The van der Waals surface area contributed by atoms with Crippen molar-refractivity contribution in [2.24, 2.45) is 41.4 Å². The molecule has 1 N–H and O–H groups in total. The summed E-state index contributed by atoms with van der Waals surface area (Å²) in [6.45, 7) is 9.68. The van der Waals surface area contributed by atoms with Crippen molar-refractivity contribution in [2.75, 3.05) is 26.2 Å². The summed E-state index contributed by atoms with van der Waals surface area (Å²) < 4.78 is 29.6. The molecule has 0 spiro atoms. The highest BCUT2D eigenvalue weighted by atomic mass is 32.2. The van der Waals surface area contributed by atoms with Gasteiger partial charge in [0.05, 0.1) is 11.9 Å². The molecule has 2 saturated heterocycles. The molecule has 0 amide bonds. The molecule has 208 valence electrons. The van der Waals surface area contributed by atoms with Crippen LogP contribution in [0.5, 0.6) is 0 Å². The van der Waals surface area contributed by atoms with Crippen LogP contribution in [0.15, 0.2) is 0 Å². The lowest BCUT2D eigenvalue weighted by molar-refractivity contribution is -0.123. The van der Waals surface area contributed by atoms with Crippen molar-refractivity contribution < 1.29 is 13.5 Å². The first-order valence-electron chi connectivity index (χ1n) is 15.7. The van der Waals surface area contributed by atoms with Crippen molar-refractivity contribution >= 4 is 10.0 Å². The third-order valence-corrected chi connectivity index (χ3v) is 14.2. The van der Waals surface area contributed by atoms with Crippen molar-refractivity contribution in [3.63, 3.8) is 0 Å². The Morgan fingerprint density at radius 2 is 1.47 bits per heavy atom. The molecule has 0 radical (unpaired) electrons. The second kappa shape index (κ2) is 11.5. The summed E-state index contributed by atoms with van der Waals surface area (Å²) in [6, 6.07) is 0.535. The summed E-state index contributed by atoms with van der Waals surface area (Å²) in [6.07, 6.45) is 15.5. The number of sulfonamides is 1. The van der Waals surface area contributed by atoms with Crippen molar-refractivity contribution in [1.82, 2.24) is 9.21 Å². The topological polar surface area (TPSA) is 60.9 Å². The smallest absolute Gasteiger partial charge is 0.217 e. The van der Waals surface area contributed by atoms with E-state index in [4.69, 9.17) is 0 Å². The highest BCUT2D eigenvalue weighted by Crippen LogP contribution is 2.50. The number of hydrogen-bond donors (Lipinski definition) is 1. The molecule has 6 unspecified atom stereocenters. The number of hydrogen-bond acceptors (Lipinski definition) is 4. The predicted octanol–water partition coefficient (Wildman–Crippen LogP) is 5.53. The molecular formula is C30H54N2O3S. The fraction of sp³-hybridized carbons (Fsp3) is 1.00. The molecule has 5 aliphatic rings. The second-order valence-corrected chi connectivity index (χ2v) is 15.9. The van der Waals surface area contributed by atoms with Crippen LogP contribution in [0.4, 0.5) is 0 Å². The first-order valence-corrected chi connectivity index (χ1v) is 17.2. The molecule has 3 aliphatic carbocycles. The van der Waals surface area contributed by atoms with E-state index in [1.54, 1.807) is 0 Å². The lowest BCUT2D eigenvalue weighted by atomic mass is 9.61. The molecule has 36 heavy (non-hydrogen) atoms. The Morgan fingerprint density at radius 1 is 0.778 bits per heavy atom. The van der Waals surface area contributed by atoms with E-state index in [9.17, 15) is 13.5 Å². The minimum absolute atomic E-state index is 0.193. The van der Waals surface area contributed by atoms with Gasteiger partial charge in [-0.2, -0.15) is 0 Å². The third kappa shape index (κ3) is 5.31. The van der Waals surface area contributed by atoms with Gasteiger partial charge < -0.3 is 5.11 Å². The average molecular weight is 523 g/mol. The fourth-order valence-corrected chi connectivity index (χ4v) is 11.8. The lowest BCUT2D eigenvalue weighted by Gasteiger charge is -2.60. The molecule has 8 atom stereocenters. The summed E-state index contributed by atoms with van der Waals surface area (Å²) in [5.74, 6) is 4.92. The Morgan fingerprint density at radius 3 is 2.19 bits per heavy atom. The van der Waals surface area contributed by atoms with E-state index in [2.05, 4.69) is 25.7 Å². The fourth-order valence-electron chi connectivity index (χ4n) is 9.48. The van der Waals surface area contributed by atoms with Crippen LogP contribution < -0.4 is 0 Å². The van der Waals surface area contributed by atoms with Crippen molar-refractivity contribution in [2.45, 2.75) is 122 Å². The number of nitrogens with zero attached hydrogens (tertiary/aromatic N) is 2. The van der Waals surface area contributed by atoms with Crippen LogP contribution in [0.25, 0.3) is 0 Å². The molecule has 0 aromatic rings. The molecular weight excluding hydrogens is 468 g/mol. The summed E-state index contributed by atoms with van der Waals surface area (Å²) >= 11 is 0. The summed E-state index contributed by atoms with van der Waals surface area (Å²) in [7, 11) is -3.27. The van der Waals surface area contributed by atoms with Gasteiger partial charge in [-0.05, 0) is 106 Å². The van der Waals surface area contributed by atoms with Gasteiger partial charge in [0.1, 0.15) is 0 Å². The lowest BCUT2D eigenvalue weighted by Crippen LogP contribution is -2.71. The summed E-state index contributed by atoms with van der Waals surface area (Å²) in [5.41, 5.74) is 0. The van der Waals surface area contributed by atoms with E-state index in [1.807, 2.05) is 4.31 Å². The molecule has 0 bridgehead atoms. The van der Waals surface area contributed by atoms with Gasteiger partial charge in [0, 0.05) is 25.2 Å². The van der Waals surface area contributed by atoms with E-state index in [0.29, 0.717) is 31.0 Å². The zero-order valence-electron chi connectivity index (χ0n) is 23.4. The molecule has 0 aromatic carbocycles. The third-order valence-electron chi connectivity index (χ3n) is 11.7. The molecule has 0 aromatic heterocycles. The average Bonchev–Trinajstić information content (AvgIpc) is 2.85. The highest BCUT2D eigenvalue weighted by Gasteiger charge is 2.53. The predicted molar refractivity (Wildman–Crippen MR) is 147 cm³/mol. The van der Waals surface area contributed by atoms with Crippen LogP contribution in [0.2, 0.25) is 0 Å². The number of rotatable bonds is 5. The molecule has 2 aliphatic heterocycles. The van der Waals surface area contributed by atoms with Crippen molar-refractivity contribution in [3.8, 4) is 0 Å². The zero-order valence-corrected chi connectivity index (χ0v) is 24.2. The quantitative estimate of drug-likeness (QED) is 0.516.